The minimum absolute atomic E-state index is 0.122. The topological polar surface area (TPSA) is 32.8 Å². The number of likely N-dealkylation sites (tertiary alicyclic amines) is 1. The molecule has 0 N–H and O–H groups in total. The number of hydrogen-bond acceptors (Lipinski definition) is 3. The Morgan fingerprint density at radius 1 is 1.22 bits per heavy atom. The molecule has 3 rings (SSSR count). The Hall–Kier alpha value is -1.55. The number of carbonyl (C=O) groups is 1. The van der Waals surface area contributed by atoms with Crippen molar-refractivity contribution in [3.63, 3.8) is 0 Å². The number of amides is 1. The van der Waals surface area contributed by atoms with E-state index in [1.54, 1.807) is 0 Å². The lowest BCUT2D eigenvalue weighted by Crippen LogP contribution is -2.49. The normalized spacial score (nSPS) is 20.7. The predicted molar refractivity (Wildman–Crippen MR) is 91.9 cm³/mol. The summed E-state index contributed by atoms with van der Waals surface area (Å²) in [7, 11) is 4.14. The van der Waals surface area contributed by atoms with Gasteiger partial charge in [0.15, 0.2) is 6.61 Å². The first-order valence-electron chi connectivity index (χ1n) is 8.82. The molecule has 1 atom stereocenters. The van der Waals surface area contributed by atoms with Gasteiger partial charge in [0.25, 0.3) is 5.91 Å². The van der Waals surface area contributed by atoms with E-state index >= 15 is 0 Å². The molecule has 1 aliphatic heterocycles. The van der Waals surface area contributed by atoms with E-state index in [0.717, 1.165) is 38.1 Å². The monoisotopic (exact) mass is 316 g/mol. The van der Waals surface area contributed by atoms with Gasteiger partial charge in [0.2, 0.25) is 0 Å². The molecule has 4 heteroatoms. The number of ether oxygens (including phenoxy) is 1. The van der Waals surface area contributed by atoms with Crippen LogP contribution in [0.25, 0.3) is 0 Å². The number of rotatable bonds is 5. The van der Waals surface area contributed by atoms with Crippen LogP contribution in [0.5, 0.6) is 5.75 Å². The summed E-state index contributed by atoms with van der Waals surface area (Å²) in [5, 5.41) is 0. The van der Waals surface area contributed by atoms with Crippen molar-refractivity contribution < 1.29 is 9.53 Å². The van der Waals surface area contributed by atoms with Crippen LogP contribution in [0.3, 0.4) is 0 Å². The van der Waals surface area contributed by atoms with E-state index in [1.165, 1.54) is 30.4 Å². The molecule has 1 saturated heterocycles. The highest BCUT2D eigenvalue weighted by molar-refractivity contribution is 5.78. The smallest absolute Gasteiger partial charge is 0.260 e. The largest absolute Gasteiger partial charge is 0.484 e. The summed E-state index contributed by atoms with van der Waals surface area (Å²) in [6, 6.07) is 6.60. The molecule has 1 unspecified atom stereocenters. The van der Waals surface area contributed by atoms with Gasteiger partial charge in [-0.25, -0.2) is 0 Å². The van der Waals surface area contributed by atoms with Gasteiger partial charge in [-0.15, -0.1) is 0 Å². The molecule has 0 bridgehead atoms. The van der Waals surface area contributed by atoms with Gasteiger partial charge in [-0.05, 0) is 75.9 Å². The Balaban J connectivity index is 1.57. The SMILES string of the molecule is CN(C)CC1CCCCN1C(=O)COc1ccc2c(c1)CCC2. The second kappa shape index (κ2) is 7.35. The number of fused-ring (bicyclic) bond motifs is 1. The van der Waals surface area contributed by atoms with Crippen LogP contribution in [-0.2, 0) is 17.6 Å². The Morgan fingerprint density at radius 2 is 2.04 bits per heavy atom. The lowest BCUT2D eigenvalue weighted by Gasteiger charge is -2.37. The summed E-state index contributed by atoms with van der Waals surface area (Å²) in [6.45, 7) is 1.96. The van der Waals surface area contributed by atoms with E-state index in [0.29, 0.717) is 6.04 Å². The Bertz CT molecular complexity index is 556. The number of likely N-dealkylation sites (N-methyl/N-ethyl adjacent to an activating group) is 1. The van der Waals surface area contributed by atoms with Gasteiger partial charge >= 0.3 is 0 Å². The standard InChI is InChI=1S/C19H28N2O2/c1-20(2)13-17-8-3-4-11-21(17)19(22)14-23-18-10-9-15-6-5-7-16(15)12-18/h9-10,12,17H,3-8,11,13-14H2,1-2H3. The lowest BCUT2D eigenvalue weighted by molar-refractivity contribution is -0.137. The quantitative estimate of drug-likeness (QED) is 0.837. The molecule has 23 heavy (non-hydrogen) atoms. The Labute approximate surface area is 139 Å². The van der Waals surface area contributed by atoms with Crippen molar-refractivity contribution in [3.05, 3.63) is 29.3 Å². The molecule has 0 spiro atoms. The van der Waals surface area contributed by atoms with Gasteiger partial charge in [0.05, 0.1) is 0 Å². The van der Waals surface area contributed by atoms with Crippen LogP contribution >= 0.6 is 0 Å². The summed E-state index contributed by atoms with van der Waals surface area (Å²) in [5.74, 6) is 0.956. The lowest BCUT2D eigenvalue weighted by atomic mass is 10.0. The zero-order valence-corrected chi connectivity index (χ0v) is 14.4. The first kappa shape index (κ1) is 16.3. The zero-order valence-electron chi connectivity index (χ0n) is 14.4. The van der Waals surface area contributed by atoms with Crippen molar-refractivity contribution in [1.29, 1.82) is 0 Å². The van der Waals surface area contributed by atoms with E-state index in [4.69, 9.17) is 4.74 Å². The molecule has 0 saturated carbocycles. The highest BCUT2D eigenvalue weighted by Gasteiger charge is 2.27. The van der Waals surface area contributed by atoms with Crippen LogP contribution < -0.4 is 4.74 Å². The summed E-state index contributed by atoms with van der Waals surface area (Å²) >= 11 is 0. The number of carbonyl (C=O) groups excluding carboxylic acids is 1. The third-order valence-electron chi connectivity index (χ3n) is 4.96. The number of nitrogens with zero attached hydrogens (tertiary/aromatic N) is 2. The highest BCUT2D eigenvalue weighted by atomic mass is 16.5. The molecule has 1 heterocycles. The third kappa shape index (κ3) is 4.05. The molecule has 0 aromatic heterocycles. The van der Waals surface area contributed by atoms with Crippen molar-refractivity contribution in [2.75, 3.05) is 33.8 Å². The van der Waals surface area contributed by atoms with Crippen molar-refractivity contribution in [2.24, 2.45) is 0 Å². The van der Waals surface area contributed by atoms with Crippen molar-refractivity contribution in [3.8, 4) is 5.75 Å². The maximum absolute atomic E-state index is 12.6. The van der Waals surface area contributed by atoms with Crippen molar-refractivity contribution in [2.45, 2.75) is 44.6 Å². The van der Waals surface area contributed by atoms with E-state index in [9.17, 15) is 4.79 Å². The van der Waals surface area contributed by atoms with Gasteiger partial charge in [-0.1, -0.05) is 6.07 Å². The van der Waals surface area contributed by atoms with Gasteiger partial charge in [-0.3, -0.25) is 4.79 Å². The maximum atomic E-state index is 12.6. The summed E-state index contributed by atoms with van der Waals surface area (Å²) in [4.78, 5) is 16.8. The molecule has 126 valence electrons. The van der Waals surface area contributed by atoms with Crippen LogP contribution in [0.1, 0.15) is 36.8 Å². The number of benzene rings is 1. The maximum Gasteiger partial charge on any atom is 0.260 e. The fourth-order valence-electron chi connectivity index (χ4n) is 3.81. The number of hydrogen-bond donors (Lipinski definition) is 0. The van der Waals surface area contributed by atoms with Gasteiger partial charge in [0.1, 0.15) is 5.75 Å². The first-order valence-corrected chi connectivity index (χ1v) is 8.82. The van der Waals surface area contributed by atoms with Crippen LogP contribution in [-0.4, -0.2) is 55.5 Å². The van der Waals surface area contributed by atoms with E-state index in [-0.39, 0.29) is 12.5 Å². The second-order valence-electron chi connectivity index (χ2n) is 7.07. The van der Waals surface area contributed by atoms with Gasteiger partial charge in [0, 0.05) is 19.1 Å². The van der Waals surface area contributed by atoms with Crippen LogP contribution in [0, 0.1) is 0 Å². The Kier molecular flexibility index (Phi) is 5.21. The van der Waals surface area contributed by atoms with Gasteiger partial charge in [-0.2, -0.15) is 0 Å². The summed E-state index contributed by atoms with van der Waals surface area (Å²) in [5.41, 5.74) is 2.82. The fraction of sp³-hybridized carbons (Fsp3) is 0.632. The Morgan fingerprint density at radius 3 is 2.87 bits per heavy atom. The van der Waals surface area contributed by atoms with Crippen molar-refractivity contribution in [1.82, 2.24) is 9.80 Å². The number of aryl methyl sites for hydroxylation is 2. The van der Waals surface area contributed by atoms with Gasteiger partial charge < -0.3 is 14.5 Å². The van der Waals surface area contributed by atoms with Crippen LogP contribution in [0.4, 0.5) is 0 Å². The second-order valence-corrected chi connectivity index (χ2v) is 7.07. The first-order chi connectivity index (χ1) is 11.1. The van der Waals surface area contributed by atoms with Crippen LogP contribution in [0.15, 0.2) is 18.2 Å². The van der Waals surface area contributed by atoms with E-state index in [2.05, 4.69) is 31.1 Å². The average Bonchev–Trinajstić information content (AvgIpc) is 3.00. The molecular formula is C19H28N2O2. The molecular weight excluding hydrogens is 288 g/mol. The third-order valence-corrected chi connectivity index (χ3v) is 4.96. The summed E-state index contributed by atoms with van der Waals surface area (Å²) < 4.78 is 5.79. The molecule has 1 fully saturated rings. The van der Waals surface area contributed by atoms with Crippen LogP contribution in [0.2, 0.25) is 0 Å². The molecule has 2 aliphatic rings. The molecule has 1 amide bonds. The fourth-order valence-corrected chi connectivity index (χ4v) is 3.81. The van der Waals surface area contributed by atoms with E-state index < -0.39 is 0 Å². The average molecular weight is 316 g/mol. The zero-order chi connectivity index (χ0) is 16.2. The highest BCUT2D eigenvalue weighted by Crippen LogP contribution is 2.26. The molecule has 1 aromatic rings. The van der Waals surface area contributed by atoms with Crippen molar-refractivity contribution >= 4 is 5.91 Å². The molecule has 0 radical (unpaired) electrons. The van der Waals surface area contributed by atoms with E-state index in [1.807, 2.05) is 11.0 Å². The number of piperidine rings is 1. The minimum atomic E-state index is 0.122. The summed E-state index contributed by atoms with van der Waals surface area (Å²) in [6.07, 6.45) is 6.97. The predicted octanol–water partition coefficient (Wildman–Crippen LogP) is 2.50. The minimum Gasteiger partial charge on any atom is -0.484 e. The molecule has 4 nitrogen and oxygen atoms in total. The molecule has 1 aromatic carbocycles. The molecule has 1 aliphatic carbocycles.